The molecule has 0 saturated heterocycles. The van der Waals surface area contributed by atoms with Crippen molar-refractivity contribution in [3.05, 3.63) is 0 Å². The maximum atomic E-state index is 11.2. The summed E-state index contributed by atoms with van der Waals surface area (Å²) in [4.78, 5) is 13.5. The molecule has 0 radical (unpaired) electrons. The minimum atomic E-state index is -0.227. The number of carbonyl (C=O) groups excluding carboxylic acids is 1. The molecule has 19 heavy (non-hydrogen) atoms. The molecule has 2 nitrogen and oxygen atoms in total. The van der Waals surface area contributed by atoms with E-state index in [4.69, 9.17) is 0 Å². The van der Waals surface area contributed by atoms with Gasteiger partial charge in [0.15, 0.2) is 0 Å². The van der Waals surface area contributed by atoms with Crippen molar-refractivity contribution in [1.29, 1.82) is 0 Å². The maximum absolute atomic E-state index is 11.2. The highest BCUT2D eigenvalue weighted by Gasteiger charge is 2.20. The summed E-state index contributed by atoms with van der Waals surface area (Å²) in [7, 11) is 2.09. The van der Waals surface area contributed by atoms with Crippen molar-refractivity contribution in [2.45, 2.75) is 64.8 Å². The third-order valence-electron chi connectivity index (χ3n) is 3.46. The van der Waals surface area contributed by atoms with Gasteiger partial charge in [0.05, 0.1) is 5.54 Å². The van der Waals surface area contributed by atoms with E-state index in [1.54, 1.807) is 6.26 Å². The summed E-state index contributed by atoms with van der Waals surface area (Å²) in [5, 5.41) is -0.0546. The van der Waals surface area contributed by atoms with Gasteiger partial charge in [-0.05, 0) is 46.0 Å². The van der Waals surface area contributed by atoms with E-state index in [9.17, 15) is 4.79 Å². The number of thioether (sulfide) groups is 1. The van der Waals surface area contributed by atoms with E-state index in [0.29, 0.717) is 0 Å². The number of unbranched alkanes of at least 4 members (excludes halogenated alkanes) is 5. The van der Waals surface area contributed by atoms with Crippen LogP contribution in [-0.4, -0.2) is 35.4 Å². The highest BCUT2D eigenvalue weighted by atomic mass is 32.2. The van der Waals surface area contributed by atoms with E-state index < -0.39 is 0 Å². The Labute approximate surface area is 123 Å². The third kappa shape index (κ3) is 9.13. The van der Waals surface area contributed by atoms with Crippen LogP contribution in [0.4, 0.5) is 0 Å². The van der Waals surface area contributed by atoms with Gasteiger partial charge in [0, 0.05) is 0 Å². The Morgan fingerprint density at radius 2 is 1.74 bits per heavy atom. The predicted molar refractivity (Wildman–Crippen MR) is 86.4 cm³/mol. The molecule has 0 aromatic carbocycles. The van der Waals surface area contributed by atoms with E-state index in [2.05, 4.69) is 44.6 Å². The van der Waals surface area contributed by atoms with Gasteiger partial charge in [-0.2, -0.15) is 0 Å². The predicted octanol–water partition coefficient (Wildman–Crippen LogP) is 3.95. The summed E-state index contributed by atoms with van der Waals surface area (Å²) in [6, 6.07) is 0. The van der Waals surface area contributed by atoms with Crippen LogP contribution in [0.25, 0.3) is 0 Å². The fraction of sp³-hybridized carbons (Fsp3) is 0.812. The quantitative estimate of drug-likeness (QED) is 0.497. The Kier molecular flexibility index (Phi) is 10.1. The lowest BCUT2D eigenvalue weighted by Gasteiger charge is -2.30. The number of nitrogens with zero attached hydrogens (tertiary/aromatic N) is 1. The standard InChI is InChI=1S/C16H29NOS/c1-6-7-8-9-10-11-14-17(4)16(2,3)13-12-15(18)19-5/h6-11,14H2,1-5H3. The van der Waals surface area contributed by atoms with Gasteiger partial charge in [-0.25, -0.2) is 0 Å². The molecular weight excluding hydrogens is 254 g/mol. The lowest BCUT2D eigenvalue weighted by atomic mass is 10.0. The highest BCUT2D eigenvalue weighted by molar-refractivity contribution is 8.13. The zero-order valence-corrected chi connectivity index (χ0v) is 14.0. The van der Waals surface area contributed by atoms with Gasteiger partial charge in [0.2, 0.25) is 0 Å². The molecule has 0 aliphatic heterocycles. The third-order valence-corrected chi connectivity index (χ3v) is 3.93. The Balaban J connectivity index is 3.99. The van der Waals surface area contributed by atoms with Crippen LogP contribution in [0.15, 0.2) is 0 Å². The average Bonchev–Trinajstić information content (AvgIpc) is 2.39. The first-order chi connectivity index (χ1) is 8.94. The monoisotopic (exact) mass is 283 g/mol. The van der Waals surface area contributed by atoms with Crippen LogP contribution in [0.5, 0.6) is 0 Å². The summed E-state index contributed by atoms with van der Waals surface area (Å²) in [5.41, 5.74) is -0.227. The van der Waals surface area contributed by atoms with Crippen LogP contribution >= 0.6 is 11.8 Å². The Hall–Kier alpha value is -0.460. The highest BCUT2D eigenvalue weighted by Crippen LogP contribution is 2.13. The fourth-order valence-corrected chi connectivity index (χ4v) is 1.91. The van der Waals surface area contributed by atoms with Crippen LogP contribution in [-0.2, 0) is 4.79 Å². The van der Waals surface area contributed by atoms with Crippen molar-refractivity contribution >= 4 is 16.9 Å². The Bertz CT molecular complexity index is 314. The molecule has 0 N–H and O–H groups in total. The molecular formula is C16H29NOS. The number of rotatable bonds is 8. The molecule has 110 valence electrons. The lowest BCUT2D eigenvalue weighted by Crippen LogP contribution is -2.40. The molecule has 0 aliphatic carbocycles. The van der Waals surface area contributed by atoms with E-state index >= 15 is 0 Å². The van der Waals surface area contributed by atoms with Gasteiger partial charge in [-0.15, -0.1) is 0 Å². The SMILES string of the molecule is CCCCCCCCN(C)C(C)(C)C#CC(=O)SC. The van der Waals surface area contributed by atoms with Crippen LogP contribution in [0.2, 0.25) is 0 Å². The molecule has 0 aromatic rings. The van der Waals surface area contributed by atoms with Crippen molar-refractivity contribution in [1.82, 2.24) is 4.90 Å². The lowest BCUT2D eigenvalue weighted by molar-refractivity contribution is -0.106. The van der Waals surface area contributed by atoms with Crippen molar-refractivity contribution < 1.29 is 4.79 Å². The number of hydrogen-bond donors (Lipinski definition) is 0. The second-order valence-corrected chi connectivity index (χ2v) is 6.27. The first kappa shape index (κ1) is 18.5. The molecule has 0 amide bonds. The smallest absolute Gasteiger partial charge is 0.262 e. The Morgan fingerprint density at radius 3 is 2.32 bits per heavy atom. The molecule has 0 heterocycles. The summed E-state index contributed by atoms with van der Waals surface area (Å²) in [6.45, 7) is 7.43. The molecule has 0 aliphatic rings. The second-order valence-electron chi connectivity index (χ2n) is 5.49. The molecule has 0 atom stereocenters. The molecule has 0 fully saturated rings. The first-order valence-corrected chi connectivity index (χ1v) is 8.49. The number of carbonyl (C=O) groups is 1. The molecule has 0 unspecified atom stereocenters. The molecule has 3 heteroatoms. The van der Waals surface area contributed by atoms with Crippen molar-refractivity contribution in [3.63, 3.8) is 0 Å². The zero-order chi connectivity index (χ0) is 14.7. The average molecular weight is 283 g/mol. The minimum Gasteiger partial charge on any atom is -0.291 e. The van der Waals surface area contributed by atoms with Crippen LogP contribution < -0.4 is 0 Å². The van der Waals surface area contributed by atoms with Crippen molar-refractivity contribution in [2.75, 3.05) is 19.8 Å². The largest absolute Gasteiger partial charge is 0.291 e. The summed E-state index contributed by atoms with van der Waals surface area (Å²) in [6.07, 6.45) is 9.60. The topological polar surface area (TPSA) is 20.3 Å². The molecule has 0 saturated carbocycles. The van der Waals surface area contributed by atoms with Gasteiger partial charge in [-0.1, -0.05) is 56.7 Å². The van der Waals surface area contributed by atoms with Crippen molar-refractivity contribution in [2.24, 2.45) is 0 Å². The van der Waals surface area contributed by atoms with Crippen LogP contribution in [0, 0.1) is 11.8 Å². The molecule has 0 rings (SSSR count). The number of hydrogen-bond acceptors (Lipinski definition) is 3. The fourth-order valence-electron chi connectivity index (χ4n) is 1.76. The summed E-state index contributed by atoms with van der Waals surface area (Å²) < 4.78 is 0. The van der Waals surface area contributed by atoms with Crippen molar-refractivity contribution in [3.8, 4) is 11.8 Å². The van der Waals surface area contributed by atoms with Gasteiger partial charge in [0.25, 0.3) is 5.12 Å². The zero-order valence-electron chi connectivity index (χ0n) is 13.2. The van der Waals surface area contributed by atoms with E-state index in [1.165, 1.54) is 50.3 Å². The normalized spacial score (nSPS) is 11.3. The van der Waals surface area contributed by atoms with Crippen LogP contribution in [0.1, 0.15) is 59.3 Å². The molecule has 0 aromatic heterocycles. The first-order valence-electron chi connectivity index (χ1n) is 7.26. The maximum Gasteiger partial charge on any atom is 0.262 e. The summed E-state index contributed by atoms with van der Waals surface area (Å²) in [5.74, 6) is 5.78. The van der Waals surface area contributed by atoms with Gasteiger partial charge >= 0.3 is 0 Å². The molecule has 0 spiro atoms. The second kappa shape index (κ2) is 10.3. The summed E-state index contributed by atoms with van der Waals surface area (Å²) >= 11 is 1.18. The van der Waals surface area contributed by atoms with Gasteiger partial charge < -0.3 is 0 Å². The van der Waals surface area contributed by atoms with Gasteiger partial charge in [0.1, 0.15) is 0 Å². The minimum absolute atomic E-state index is 0.0546. The van der Waals surface area contributed by atoms with E-state index in [0.717, 1.165) is 6.54 Å². The van der Waals surface area contributed by atoms with E-state index in [1.807, 2.05) is 0 Å². The van der Waals surface area contributed by atoms with E-state index in [-0.39, 0.29) is 10.7 Å². The Morgan fingerprint density at radius 1 is 1.16 bits per heavy atom. The van der Waals surface area contributed by atoms with Crippen LogP contribution in [0.3, 0.4) is 0 Å². The molecule has 0 bridgehead atoms. The van der Waals surface area contributed by atoms with Gasteiger partial charge in [-0.3, -0.25) is 9.69 Å².